The Morgan fingerprint density at radius 2 is 0.433 bits per heavy atom. The quantitative estimate of drug-likeness (QED) is 0.119. The van der Waals surface area contributed by atoms with Gasteiger partial charge >= 0.3 is 0 Å². The van der Waals surface area contributed by atoms with E-state index in [0.29, 0.717) is 11.1 Å². The first-order valence-corrected chi connectivity index (χ1v) is 35.2. The molecular weight excluding hydrogens is 1250 g/mol. The number of benzene rings is 20. The molecule has 0 heterocycles. The lowest BCUT2D eigenvalue weighted by atomic mass is 9.93. The summed E-state index contributed by atoms with van der Waals surface area (Å²) in [4.78, 5) is 3.84. The van der Waals surface area contributed by atoms with Crippen LogP contribution in [0, 0.1) is 0 Å². The van der Waals surface area contributed by atoms with Gasteiger partial charge in [0.2, 0.25) is 0 Å². The van der Waals surface area contributed by atoms with Gasteiger partial charge in [0.05, 0.1) is 22.3 Å². The second-order valence-electron chi connectivity index (χ2n) is 26.4. The van der Waals surface area contributed by atoms with E-state index in [4.69, 9.17) is 0 Å². The maximum Gasteiger partial charge on any atom is 0.0645 e. The third-order valence-corrected chi connectivity index (χ3v) is 20.4. The third kappa shape index (κ3) is 11.3. The highest BCUT2D eigenvalue weighted by Crippen LogP contribution is 2.47. The van der Waals surface area contributed by atoms with Crippen molar-refractivity contribution < 1.29 is 11.0 Å². The van der Waals surface area contributed by atoms with E-state index in [9.17, 15) is 11.0 Å². The summed E-state index contributed by atoms with van der Waals surface area (Å²) in [7, 11) is 0. The zero-order chi connectivity index (χ0) is 75.8. The predicted octanol–water partition coefficient (Wildman–Crippen LogP) is 29.0. The van der Waals surface area contributed by atoms with Crippen molar-refractivity contribution >= 4 is 131 Å². The Labute approximate surface area is 616 Å². The topological polar surface area (TPSA) is 6.48 Å². The van der Waals surface area contributed by atoms with Crippen LogP contribution >= 0.6 is 0 Å². The van der Waals surface area contributed by atoms with Gasteiger partial charge in [-0.05, 0) is 221 Å². The first-order valence-electron chi connectivity index (χ1n) is 39.2. The van der Waals surface area contributed by atoms with Crippen LogP contribution < -0.4 is 9.80 Å². The lowest BCUT2D eigenvalue weighted by Crippen LogP contribution is -2.10. The van der Waals surface area contributed by atoms with Crippen molar-refractivity contribution in [3.05, 3.63) is 412 Å². The van der Waals surface area contributed by atoms with Crippen LogP contribution in [0.4, 0.5) is 34.1 Å². The van der Waals surface area contributed by atoms with E-state index in [-0.39, 0.29) is 70.8 Å². The van der Waals surface area contributed by atoms with Crippen molar-refractivity contribution in [3.63, 3.8) is 0 Å². The van der Waals surface area contributed by atoms with Gasteiger partial charge in [0.25, 0.3) is 0 Å². The summed E-state index contributed by atoms with van der Waals surface area (Å²) < 4.78 is 76.0. The molecule has 0 atom stereocenters. The molecule has 0 radical (unpaired) electrons. The molecule has 0 fully saturated rings. The van der Waals surface area contributed by atoms with Gasteiger partial charge in [-0.1, -0.05) is 334 Å². The van der Waals surface area contributed by atoms with Crippen molar-refractivity contribution in [3.8, 4) is 55.6 Å². The number of hydrogen-bond acceptors (Lipinski definition) is 2. The summed E-state index contributed by atoms with van der Waals surface area (Å²) in [6.45, 7) is 0. The molecule has 0 aliphatic rings. The van der Waals surface area contributed by atoms with E-state index in [1.165, 1.54) is 26.9 Å². The Balaban J connectivity index is 0.000000151. The Morgan fingerprint density at radius 1 is 0.154 bits per heavy atom. The Kier molecular flexibility index (Phi) is 13.6. The molecule has 20 rings (SSSR count). The molecule has 0 amide bonds. The Morgan fingerprint density at radius 3 is 0.846 bits per heavy atom. The normalized spacial score (nSPS) is 12.5. The highest BCUT2D eigenvalue weighted by Gasteiger charge is 2.22. The minimum Gasteiger partial charge on any atom is -0.310 e. The first kappa shape index (κ1) is 53.3. The number of fused-ring (bicyclic) bond motifs is 13. The molecule has 104 heavy (non-hydrogen) atoms. The smallest absolute Gasteiger partial charge is 0.0645 e. The molecule has 0 aliphatic heterocycles. The van der Waals surface area contributed by atoms with Gasteiger partial charge in [-0.25, -0.2) is 0 Å². The first-order chi connectivity index (χ1) is 54.9. The van der Waals surface area contributed by atoms with Crippen LogP contribution in [0.3, 0.4) is 0 Å². The van der Waals surface area contributed by atoms with E-state index in [1.54, 1.807) is 0 Å². The fourth-order valence-corrected chi connectivity index (χ4v) is 15.3. The lowest BCUT2D eigenvalue weighted by molar-refractivity contribution is 1.30. The molecule has 0 aliphatic carbocycles. The molecule has 20 aromatic carbocycles. The van der Waals surface area contributed by atoms with E-state index < -0.39 is 0 Å². The van der Waals surface area contributed by atoms with Crippen molar-refractivity contribution in [2.75, 3.05) is 9.80 Å². The van der Waals surface area contributed by atoms with Crippen LogP contribution in [0.5, 0.6) is 0 Å². The van der Waals surface area contributed by atoms with Crippen molar-refractivity contribution in [2.45, 2.75) is 0 Å². The standard InChI is InChI=1S/C52H35N.C50H33N/c1-2-12-36(13-3-1)37-22-24-38(25-23-37)39-26-30-43(31-27-39)53(52-35-42-15-5-7-17-46(42)48-19-10-11-21-50(48)52)44-32-28-40(29-33-44)51-34-41-14-4-6-16-45(41)47-18-8-9-20-49(47)51;1-2-12-37-31-38(22-21-34(37)11-1)35-23-27-41(28-24-35)51(50-33-40-14-4-6-16-44(40)46-18-9-10-20-48(46)50)42-29-25-36(26-30-42)49-32-39-13-3-5-15-43(39)45-17-7-8-19-47(45)49/h1-35H;1-33H/i26D,27D,30D,31D;23D,24D,27D,28D. The molecule has 20 aromatic rings. The summed E-state index contributed by atoms with van der Waals surface area (Å²) in [5.41, 5.74) is 11.6. The van der Waals surface area contributed by atoms with Gasteiger partial charge < -0.3 is 9.80 Å². The molecule has 486 valence electrons. The highest BCUT2D eigenvalue weighted by molar-refractivity contribution is 6.18. The van der Waals surface area contributed by atoms with Crippen LogP contribution in [0.2, 0.25) is 0 Å². The van der Waals surface area contributed by atoms with E-state index in [0.717, 1.165) is 126 Å². The van der Waals surface area contributed by atoms with Gasteiger partial charge in [0.1, 0.15) is 0 Å². The summed E-state index contributed by atoms with van der Waals surface area (Å²) in [6, 6.07) is 123. The van der Waals surface area contributed by atoms with Gasteiger partial charge in [-0.2, -0.15) is 0 Å². The van der Waals surface area contributed by atoms with E-state index >= 15 is 0 Å². The fraction of sp³-hybridized carbons (Fsp3) is 0. The SMILES string of the molecule is [2H]c1c([2H])c(N(c2ccc(-c3cc4ccccc4c4ccccc34)cc2)c2cc3ccccc3c3ccccc23)c([2H])c([2H])c1-c1ccc(-c2ccccc2)cc1.[2H]c1c([2H])c(N(c2ccc(-c3cc4ccccc4c4ccccc34)cc2)c2cc3ccccc3c3ccccc23)c([2H])c([2H])c1-c1ccc2ccccc2c1. The monoisotopic (exact) mass is 1330 g/mol. The molecular formula is C102H68N2. The molecule has 0 bridgehead atoms. The minimum atomic E-state index is -0.111. The number of nitrogens with zero attached hydrogens (tertiary/aromatic N) is 2. The average molecular weight is 1330 g/mol. The van der Waals surface area contributed by atoms with Gasteiger partial charge in [-0.15, -0.1) is 0 Å². The van der Waals surface area contributed by atoms with Gasteiger partial charge in [-0.3, -0.25) is 0 Å². The molecule has 2 heteroatoms. The lowest BCUT2D eigenvalue weighted by Gasteiger charge is -2.28. The van der Waals surface area contributed by atoms with E-state index in [2.05, 4.69) is 194 Å². The van der Waals surface area contributed by atoms with E-state index in [1.807, 2.05) is 180 Å². The molecule has 0 saturated carbocycles. The van der Waals surface area contributed by atoms with Gasteiger partial charge in [0, 0.05) is 33.5 Å². The van der Waals surface area contributed by atoms with Crippen LogP contribution in [0.25, 0.3) is 153 Å². The molecule has 0 unspecified atom stereocenters. The maximum atomic E-state index is 9.61. The summed E-state index contributed by atoms with van der Waals surface area (Å²) in [5, 5.41) is 19.7. The molecule has 0 saturated heterocycles. The van der Waals surface area contributed by atoms with Crippen molar-refractivity contribution in [1.82, 2.24) is 0 Å². The summed E-state index contributed by atoms with van der Waals surface area (Å²) in [5.74, 6) is 0. The van der Waals surface area contributed by atoms with Crippen LogP contribution in [-0.2, 0) is 0 Å². The molecule has 2 nitrogen and oxygen atoms in total. The average Bonchev–Trinajstić information content (AvgIpc) is 0.735. The van der Waals surface area contributed by atoms with Crippen LogP contribution in [0.1, 0.15) is 11.0 Å². The number of rotatable bonds is 11. The Bertz CT molecular complexity index is 7110. The number of hydrogen-bond donors (Lipinski definition) is 0. The minimum absolute atomic E-state index is 0.0828. The second-order valence-corrected chi connectivity index (χ2v) is 26.4. The number of anilines is 6. The molecule has 0 N–H and O–H groups in total. The van der Waals surface area contributed by atoms with Crippen LogP contribution in [-0.4, -0.2) is 0 Å². The predicted molar refractivity (Wildman–Crippen MR) is 447 cm³/mol. The summed E-state index contributed by atoms with van der Waals surface area (Å²) in [6.07, 6.45) is 0. The zero-order valence-electron chi connectivity index (χ0n) is 64.5. The van der Waals surface area contributed by atoms with Gasteiger partial charge in [0.15, 0.2) is 0 Å². The summed E-state index contributed by atoms with van der Waals surface area (Å²) >= 11 is 0. The molecule has 0 spiro atoms. The third-order valence-electron chi connectivity index (χ3n) is 20.4. The largest absolute Gasteiger partial charge is 0.310 e. The highest BCUT2D eigenvalue weighted by atomic mass is 15.1. The zero-order valence-corrected chi connectivity index (χ0v) is 56.5. The molecule has 0 aromatic heterocycles. The maximum absolute atomic E-state index is 9.61. The van der Waals surface area contributed by atoms with Crippen molar-refractivity contribution in [2.24, 2.45) is 0 Å². The van der Waals surface area contributed by atoms with Crippen molar-refractivity contribution in [1.29, 1.82) is 0 Å². The van der Waals surface area contributed by atoms with Crippen LogP contribution in [0.15, 0.2) is 412 Å². The Hall–Kier alpha value is -13.7. The fourth-order valence-electron chi connectivity index (χ4n) is 15.3. The second kappa shape index (κ2) is 26.5.